The zero-order valence-electron chi connectivity index (χ0n) is 13.2. The lowest BCUT2D eigenvalue weighted by molar-refractivity contribution is -0.120. The molecule has 0 radical (unpaired) electrons. The van der Waals surface area contributed by atoms with Gasteiger partial charge in [-0.05, 0) is 48.6 Å². The number of nitrogens with one attached hydrogen (secondary N) is 1. The minimum atomic E-state index is 0.0439. The maximum atomic E-state index is 12.4. The van der Waals surface area contributed by atoms with E-state index in [2.05, 4.69) is 25.6 Å². The number of pyridine rings is 1. The molecule has 0 saturated carbocycles. The number of carbonyl (C=O) groups excluding carboxylic acids is 1. The maximum Gasteiger partial charge on any atom is 0.228 e. The first-order valence-corrected chi connectivity index (χ1v) is 8.90. The van der Waals surface area contributed by atoms with E-state index in [0.717, 1.165) is 31.4 Å². The first-order valence-electron chi connectivity index (χ1n) is 8.12. The van der Waals surface area contributed by atoms with E-state index in [-0.39, 0.29) is 11.8 Å². The highest BCUT2D eigenvalue weighted by Crippen LogP contribution is 2.33. The number of nitrogens with zero attached hydrogens (tertiary/aromatic N) is 3. The molecule has 6 heteroatoms. The first-order chi connectivity index (χ1) is 11.8. The molecule has 5 nitrogen and oxygen atoms in total. The van der Waals surface area contributed by atoms with E-state index in [1.807, 2.05) is 36.4 Å². The molecule has 3 aromatic rings. The molecule has 122 valence electrons. The lowest BCUT2D eigenvalue weighted by Crippen LogP contribution is -2.38. The topological polar surface area (TPSA) is 58.1 Å². The highest BCUT2D eigenvalue weighted by Gasteiger charge is 2.26. The van der Waals surface area contributed by atoms with Crippen molar-refractivity contribution in [3.63, 3.8) is 0 Å². The Morgan fingerprint density at radius 3 is 2.71 bits per heavy atom. The summed E-state index contributed by atoms with van der Waals surface area (Å²) in [7, 11) is 0. The zero-order chi connectivity index (χ0) is 16.4. The van der Waals surface area contributed by atoms with E-state index in [9.17, 15) is 4.79 Å². The van der Waals surface area contributed by atoms with Crippen LogP contribution in [0.1, 0.15) is 12.8 Å². The number of hydrogen-bond acceptors (Lipinski definition) is 5. The van der Waals surface area contributed by atoms with Gasteiger partial charge in [0.05, 0.1) is 5.52 Å². The molecule has 3 heterocycles. The summed E-state index contributed by atoms with van der Waals surface area (Å²) < 4.78 is 4.52. The molecule has 1 aliphatic rings. The lowest BCUT2D eigenvalue weighted by Gasteiger charge is -2.31. The SMILES string of the molecule is O=C(Nc1ccccn1)C1CCN(c2snc3ccccc23)CC1. The predicted octanol–water partition coefficient (Wildman–Crippen LogP) is 3.55. The van der Waals surface area contributed by atoms with Gasteiger partial charge >= 0.3 is 0 Å². The second-order valence-electron chi connectivity index (χ2n) is 5.97. The van der Waals surface area contributed by atoms with Gasteiger partial charge in [-0.1, -0.05) is 18.2 Å². The molecule has 1 fully saturated rings. The minimum absolute atomic E-state index is 0.0439. The summed E-state index contributed by atoms with van der Waals surface area (Å²) in [5.41, 5.74) is 1.05. The van der Waals surface area contributed by atoms with Gasteiger partial charge in [-0.3, -0.25) is 4.79 Å². The molecule has 0 bridgehead atoms. The fraction of sp³-hybridized carbons (Fsp3) is 0.278. The molecule has 2 aromatic heterocycles. The number of hydrogen-bond donors (Lipinski definition) is 1. The Morgan fingerprint density at radius 2 is 1.92 bits per heavy atom. The van der Waals surface area contributed by atoms with Gasteiger partial charge < -0.3 is 10.2 Å². The predicted molar refractivity (Wildman–Crippen MR) is 97.4 cm³/mol. The molecule has 4 rings (SSSR count). The van der Waals surface area contributed by atoms with Crippen LogP contribution in [0.5, 0.6) is 0 Å². The minimum Gasteiger partial charge on any atom is -0.362 e. The highest BCUT2D eigenvalue weighted by molar-refractivity contribution is 7.11. The molecular weight excluding hydrogens is 320 g/mol. The molecule has 1 amide bonds. The van der Waals surface area contributed by atoms with Crippen molar-refractivity contribution in [1.82, 2.24) is 9.36 Å². The first kappa shape index (κ1) is 15.1. The van der Waals surface area contributed by atoms with Gasteiger partial charge in [-0.15, -0.1) is 0 Å². The molecule has 0 unspecified atom stereocenters. The van der Waals surface area contributed by atoms with Crippen molar-refractivity contribution < 1.29 is 4.79 Å². The van der Waals surface area contributed by atoms with Crippen molar-refractivity contribution in [2.75, 3.05) is 23.3 Å². The summed E-state index contributed by atoms with van der Waals surface area (Å²) in [6, 6.07) is 13.8. The van der Waals surface area contributed by atoms with Gasteiger partial charge in [0.15, 0.2) is 0 Å². The van der Waals surface area contributed by atoms with E-state index in [1.165, 1.54) is 10.4 Å². The molecule has 1 aromatic carbocycles. The molecule has 1 N–H and O–H groups in total. The van der Waals surface area contributed by atoms with Gasteiger partial charge in [0, 0.05) is 30.6 Å². The molecule has 24 heavy (non-hydrogen) atoms. The summed E-state index contributed by atoms with van der Waals surface area (Å²) in [4.78, 5) is 18.9. The van der Waals surface area contributed by atoms with Crippen LogP contribution in [-0.2, 0) is 4.79 Å². The number of rotatable bonds is 3. The Kier molecular flexibility index (Phi) is 4.13. The number of carbonyl (C=O) groups is 1. The second-order valence-corrected chi connectivity index (χ2v) is 6.72. The van der Waals surface area contributed by atoms with Gasteiger partial charge in [0.25, 0.3) is 0 Å². The summed E-state index contributed by atoms with van der Waals surface area (Å²) in [5.74, 6) is 0.739. The molecule has 1 aliphatic heterocycles. The van der Waals surface area contributed by atoms with E-state index in [0.29, 0.717) is 5.82 Å². The van der Waals surface area contributed by atoms with Crippen LogP contribution >= 0.6 is 11.5 Å². The van der Waals surface area contributed by atoms with E-state index in [4.69, 9.17) is 0 Å². The third kappa shape index (κ3) is 2.97. The van der Waals surface area contributed by atoms with Crippen LogP contribution in [0.25, 0.3) is 10.9 Å². The van der Waals surface area contributed by atoms with E-state index < -0.39 is 0 Å². The molecule has 0 spiro atoms. The third-order valence-electron chi connectivity index (χ3n) is 4.43. The number of piperidine rings is 1. The van der Waals surface area contributed by atoms with Crippen LogP contribution in [0.3, 0.4) is 0 Å². The van der Waals surface area contributed by atoms with Crippen molar-refractivity contribution in [3.05, 3.63) is 48.7 Å². The van der Waals surface area contributed by atoms with Crippen LogP contribution < -0.4 is 10.2 Å². The Morgan fingerprint density at radius 1 is 1.12 bits per heavy atom. The molecule has 0 aliphatic carbocycles. The zero-order valence-corrected chi connectivity index (χ0v) is 14.0. The number of anilines is 2. The second kappa shape index (κ2) is 6.57. The normalized spacial score (nSPS) is 15.6. The lowest BCUT2D eigenvalue weighted by atomic mass is 9.96. The summed E-state index contributed by atoms with van der Waals surface area (Å²) in [6.45, 7) is 1.76. The fourth-order valence-electron chi connectivity index (χ4n) is 3.11. The summed E-state index contributed by atoms with van der Waals surface area (Å²) in [5, 5.41) is 5.34. The Labute approximate surface area is 144 Å². The fourth-order valence-corrected chi connectivity index (χ4v) is 4.03. The van der Waals surface area contributed by atoms with Crippen LogP contribution in [0.2, 0.25) is 0 Å². The van der Waals surface area contributed by atoms with Gasteiger partial charge in [-0.25, -0.2) is 4.98 Å². The average Bonchev–Trinajstić information content (AvgIpc) is 3.07. The Balaban J connectivity index is 1.41. The van der Waals surface area contributed by atoms with Gasteiger partial charge in [0.2, 0.25) is 5.91 Å². The van der Waals surface area contributed by atoms with Crippen molar-refractivity contribution in [2.45, 2.75) is 12.8 Å². The Bertz CT molecular complexity index is 840. The maximum absolute atomic E-state index is 12.4. The van der Waals surface area contributed by atoms with Crippen molar-refractivity contribution in [3.8, 4) is 0 Å². The van der Waals surface area contributed by atoms with Crippen LogP contribution in [0.15, 0.2) is 48.7 Å². The average molecular weight is 338 g/mol. The standard InChI is InChI=1S/C18H18N4OS/c23-17(20-16-7-3-4-10-19-16)13-8-11-22(12-9-13)18-14-5-1-2-6-15(14)21-24-18/h1-7,10,13H,8-9,11-12H2,(H,19,20,23). The van der Waals surface area contributed by atoms with E-state index in [1.54, 1.807) is 17.7 Å². The van der Waals surface area contributed by atoms with E-state index >= 15 is 0 Å². The Hall–Kier alpha value is -2.47. The molecule has 0 atom stereocenters. The van der Waals surface area contributed by atoms with Crippen molar-refractivity contribution >= 4 is 39.2 Å². The monoisotopic (exact) mass is 338 g/mol. The van der Waals surface area contributed by atoms with Crippen LogP contribution in [0.4, 0.5) is 10.8 Å². The number of amides is 1. The smallest absolute Gasteiger partial charge is 0.228 e. The summed E-state index contributed by atoms with van der Waals surface area (Å²) in [6.07, 6.45) is 3.39. The quantitative estimate of drug-likeness (QED) is 0.793. The molecule has 1 saturated heterocycles. The molecular formula is C18H18N4OS. The highest BCUT2D eigenvalue weighted by atomic mass is 32.1. The summed E-state index contributed by atoms with van der Waals surface area (Å²) >= 11 is 1.55. The number of benzene rings is 1. The van der Waals surface area contributed by atoms with Crippen LogP contribution in [-0.4, -0.2) is 28.4 Å². The number of fused-ring (bicyclic) bond motifs is 1. The van der Waals surface area contributed by atoms with Crippen molar-refractivity contribution in [1.29, 1.82) is 0 Å². The van der Waals surface area contributed by atoms with Crippen molar-refractivity contribution in [2.24, 2.45) is 5.92 Å². The van der Waals surface area contributed by atoms with Gasteiger partial charge in [-0.2, -0.15) is 4.37 Å². The van der Waals surface area contributed by atoms with Crippen LogP contribution in [0, 0.1) is 5.92 Å². The largest absolute Gasteiger partial charge is 0.362 e. The third-order valence-corrected chi connectivity index (χ3v) is 5.37. The number of aromatic nitrogens is 2. The van der Waals surface area contributed by atoms with Gasteiger partial charge in [0.1, 0.15) is 10.8 Å².